The summed E-state index contributed by atoms with van der Waals surface area (Å²) in [5.74, 6) is 0.189. The van der Waals surface area contributed by atoms with Crippen molar-refractivity contribution in [1.82, 2.24) is 20.3 Å². The van der Waals surface area contributed by atoms with Crippen LogP contribution in [0.4, 0.5) is 5.69 Å². The molecule has 8 nitrogen and oxygen atoms in total. The van der Waals surface area contributed by atoms with E-state index in [9.17, 15) is 9.35 Å². The van der Waals surface area contributed by atoms with Gasteiger partial charge in [-0.05, 0) is 28.4 Å². The first-order chi connectivity index (χ1) is 16.0. The standard InChI is InChI=1S/C23H23N5O3S2/c1-25-21(29)20-26-12-15(13-27-20)17-11-16(14-7-4-3-5-8-14)18-19(24)23(32-22(18)28-17)33(30)10-6-9-31-2/h3-5,7-8,11-13H,6,9-10,24H2,1-2H3,(H,25,29). The van der Waals surface area contributed by atoms with Crippen molar-refractivity contribution in [2.75, 3.05) is 32.3 Å². The third-order valence-corrected chi connectivity index (χ3v) is 8.01. The van der Waals surface area contributed by atoms with Crippen LogP contribution in [0.1, 0.15) is 17.0 Å². The molecule has 0 aliphatic heterocycles. The molecule has 0 aliphatic rings. The number of hydrogen-bond donors (Lipinski definition) is 2. The minimum Gasteiger partial charge on any atom is -0.611 e. The molecular weight excluding hydrogens is 458 g/mol. The fraction of sp³-hybridized carbons (Fsp3) is 0.217. The number of methoxy groups -OCH3 is 1. The van der Waals surface area contributed by atoms with Crippen molar-refractivity contribution in [3.05, 3.63) is 54.6 Å². The molecule has 0 saturated heterocycles. The molecule has 0 saturated carbocycles. The predicted molar refractivity (Wildman–Crippen MR) is 132 cm³/mol. The van der Waals surface area contributed by atoms with Gasteiger partial charge in [0.1, 0.15) is 16.3 Å². The number of benzene rings is 1. The van der Waals surface area contributed by atoms with Crippen LogP contribution in [0.2, 0.25) is 0 Å². The van der Waals surface area contributed by atoms with E-state index in [4.69, 9.17) is 15.5 Å². The second kappa shape index (κ2) is 10.3. The molecule has 1 unspecified atom stereocenters. The highest BCUT2D eigenvalue weighted by Crippen LogP contribution is 2.43. The van der Waals surface area contributed by atoms with E-state index in [-0.39, 0.29) is 11.7 Å². The van der Waals surface area contributed by atoms with Gasteiger partial charge in [0.15, 0.2) is 0 Å². The molecule has 0 fully saturated rings. The van der Waals surface area contributed by atoms with E-state index in [1.165, 1.54) is 18.4 Å². The monoisotopic (exact) mass is 481 g/mol. The predicted octanol–water partition coefficient (Wildman–Crippen LogP) is 3.51. The Morgan fingerprint density at radius 2 is 1.94 bits per heavy atom. The highest BCUT2D eigenvalue weighted by atomic mass is 32.2. The number of hydrogen-bond acceptors (Lipinski definition) is 8. The summed E-state index contributed by atoms with van der Waals surface area (Å²) >= 11 is 0.0874. The minimum absolute atomic E-state index is 0.0831. The van der Waals surface area contributed by atoms with E-state index < -0.39 is 11.2 Å². The molecule has 0 aliphatic carbocycles. The Labute approximate surface area is 198 Å². The van der Waals surface area contributed by atoms with Crippen LogP contribution in [0.3, 0.4) is 0 Å². The number of carbonyl (C=O) groups is 1. The lowest BCUT2D eigenvalue weighted by Crippen LogP contribution is -2.20. The lowest BCUT2D eigenvalue weighted by Gasteiger charge is -2.10. The maximum Gasteiger partial charge on any atom is 0.288 e. The Hall–Kier alpha value is -3.05. The van der Waals surface area contributed by atoms with Crippen LogP contribution in [0.25, 0.3) is 32.6 Å². The van der Waals surface area contributed by atoms with Gasteiger partial charge < -0.3 is 20.3 Å². The first-order valence-electron chi connectivity index (χ1n) is 10.2. The Bertz CT molecular complexity index is 1260. The fourth-order valence-corrected chi connectivity index (χ4v) is 6.00. The van der Waals surface area contributed by atoms with Gasteiger partial charge in [0.05, 0.1) is 12.3 Å². The molecular formula is C23H23N5O3S2. The van der Waals surface area contributed by atoms with Crippen molar-refractivity contribution in [2.45, 2.75) is 10.6 Å². The lowest BCUT2D eigenvalue weighted by molar-refractivity contribution is 0.0952. The number of carbonyl (C=O) groups excluding carboxylic acids is 1. The van der Waals surface area contributed by atoms with Crippen molar-refractivity contribution in [3.63, 3.8) is 0 Å². The molecule has 0 spiro atoms. The van der Waals surface area contributed by atoms with Gasteiger partial charge in [0.2, 0.25) is 10.0 Å². The quantitative estimate of drug-likeness (QED) is 0.291. The van der Waals surface area contributed by atoms with Crippen LogP contribution in [-0.4, -0.2) is 51.9 Å². The molecule has 3 heterocycles. The summed E-state index contributed by atoms with van der Waals surface area (Å²) in [6.45, 7) is 0.542. The summed E-state index contributed by atoms with van der Waals surface area (Å²) < 4.78 is 18.6. The third kappa shape index (κ3) is 4.83. The molecule has 0 radical (unpaired) electrons. The summed E-state index contributed by atoms with van der Waals surface area (Å²) in [4.78, 5) is 25.6. The molecule has 10 heteroatoms. The SMILES string of the molecule is CNC(=O)c1ncc(-c2cc(-c3ccccc3)c3c(N)c([S+]([O-])CCCOC)sc3n2)cn1. The van der Waals surface area contributed by atoms with Crippen molar-refractivity contribution in [2.24, 2.45) is 0 Å². The van der Waals surface area contributed by atoms with E-state index in [1.807, 2.05) is 36.4 Å². The first kappa shape index (κ1) is 23.1. The summed E-state index contributed by atoms with van der Waals surface area (Å²) in [6.07, 6.45) is 3.82. The zero-order valence-electron chi connectivity index (χ0n) is 18.2. The van der Waals surface area contributed by atoms with Gasteiger partial charge in [-0.1, -0.05) is 41.7 Å². The van der Waals surface area contributed by atoms with E-state index >= 15 is 0 Å². The number of fused-ring (bicyclic) bond motifs is 1. The number of nitrogens with zero attached hydrogens (tertiary/aromatic N) is 3. The van der Waals surface area contributed by atoms with Crippen LogP contribution >= 0.6 is 11.3 Å². The smallest absolute Gasteiger partial charge is 0.288 e. The number of ether oxygens (including phenoxy) is 1. The van der Waals surface area contributed by atoms with Crippen molar-refractivity contribution in [3.8, 4) is 22.4 Å². The molecule has 1 aromatic carbocycles. The fourth-order valence-electron chi connectivity index (χ4n) is 3.38. The number of nitrogen functional groups attached to an aromatic ring is 1. The number of rotatable bonds is 8. The second-order valence-corrected chi connectivity index (χ2v) is 9.94. The number of amides is 1. The highest BCUT2D eigenvalue weighted by molar-refractivity contribution is 7.93. The summed E-state index contributed by atoms with van der Waals surface area (Å²) in [7, 11) is 3.15. The Balaban J connectivity index is 1.84. The highest BCUT2D eigenvalue weighted by Gasteiger charge is 2.25. The number of nitrogens with two attached hydrogens (primary N) is 1. The van der Waals surface area contributed by atoms with Crippen LogP contribution in [-0.2, 0) is 15.9 Å². The molecule has 3 N–H and O–H groups in total. The normalized spacial score (nSPS) is 12.1. The number of anilines is 1. The van der Waals surface area contributed by atoms with Crippen LogP contribution in [0.5, 0.6) is 0 Å². The van der Waals surface area contributed by atoms with Gasteiger partial charge in [-0.25, -0.2) is 15.0 Å². The van der Waals surface area contributed by atoms with Crippen molar-refractivity contribution in [1.29, 1.82) is 0 Å². The summed E-state index contributed by atoms with van der Waals surface area (Å²) in [6, 6.07) is 11.8. The average Bonchev–Trinajstić information content (AvgIpc) is 3.20. The summed E-state index contributed by atoms with van der Waals surface area (Å²) in [5, 5.41) is 3.29. The van der Waals surface area contributed by atoms with Gasteiger partial charge in [0.25, 0.3) is 5.91 Å². The molecule has 4 aromatic rings. The molecule has 3 aromatic heterocycles. The zero-order valence-corrected chi connectivity index (χ0v) is 19.8. The van der Waals surface area contributed by atoms with Gasteiger partial charge in [-0.3, -0.25) is 4.79 Å². The Kier molecular flexibility index (Phi) is 7.19. The van der Waals surface area contributed by atoms with E-state index in [0.717, 1.165) is 16.5 Å². The van der Waals surface area contributed by atoms with Gasteiger partial charge in [0, 0.05) is 43.9 Å². The van der Waals surface area contributed by atoms with Gasteiger partial charge >= 0.3 is 0 Å². The van der Waals surface area contributed by atoms with Gasteiger partial charge in [-0.2, -0.15) is 0 Å². The maximum atomic E-state index is 12.9. The molecule has 1 atom stereocenters. The third-order valence-electron chi connectivity index (χ3n) is 5.01. The largest absolute Gasteiger partial charge is 0.611 e. The average molecular weight is 482 g/mol. The van der Waals surface area contributed by atoms with E-state index in [1.54, 1.807) is 19.5 Å². The number of aromatic nitrogens is 3. The van der Waals surface area contributed by atoms with Gasteiger partial charge in [-0.15, -0.1) is 0 Å². The summed E-state index contributed by atoms with van der Waals surface area (Å²) in [5.41, 5.74) is 10.2. The molecule has 1 amide bonds. The zero-order chi connectivity index (χ0) is 23.4. The van der Waals surface area contributed by atoms with E-state index in [2.05, 4.69) is 15.3 Å². The van der Waals surface area contributed by atoms with Crippen LogP contribution in [0, 0.1) is 0 Å². The van der Waals surface area contributed by atoms with E-state index in [0.29, 0.717) is 44.8 Å². The van der Waals surface area contributed by atoms with Crippen LogP contribution < -0.4 is 11.1 Å². The molecule has 0 bridgehead atoms. The van der Waals surface area contributed by atoms with Crippen molar-refractivity contribution >= 4 is 44.3 Å². The van der Waals surface area contributed by atoms with Crippen molar-refractivity contribution < 1.29 is 14.1 Å². The Morgan fingerprint density at radius 3 is 2.61 bits per heavy atom. The molecule has 170 valence electrons. The maximum absolute atomic E-state index is 12.9. The number of thiophene rings is 1. The van der Waals surface area contributed by atoms with Crippen LogP contribution in [0.15, 0.2) is 53.0 Å². The topological polar surface area (TPSA) is 126 Å². The molecule has 33 heavy (non-hydrogen) atoms. The molecule has 4 rings (SSSR count). The second-order valence-electron chi connectivity index (χ2n) is 7.17. The number of pyridine rings is 1. The number of nitrogens with one attached hydrogen (secondary N) is 1. The Morgan fingerprint density at radius 1 is 1.21 bits per heavy atom. The minimum atomic E-state index is -1.25. The lowest BCUT2D eigenvalue weighted by atomic mass is 10.0. The first-order valence-corrected chi connectivity index (χ1v) is 12.4.